The molecule has 0 aromatic heterocycles. The van der Waals surface area contributed by atoms with E-state index in [9.17, 15) is 0 Å². The first-order valence-corrected chi connectivity index (χ1v) is 6.53. The summed E-state index contributed by atoms with van der Waals surface area (Å²) in [4.78, 5) is 2.32. The van der Waals surface area contributed by atoms with Gasteiger partial charge in [-0.3, -0.25) is 0 Å². The van der Waals surface area contributed by atoms with E-state index in [4.69, 9.17) is 15.2 Å². The van der Waals surface area contributed by atoms with Gasteiger partial charge in [-0.2, -0.15) is 0 Å². The Labute approximate surface area is 110 Å². The topological polar surface area (TPSA) is 44.5 Å². The second-order valence-corrected chi connectivity index (χ2v) is 5.11. The minimum Gasteiger partial charge on any atom is -0.454 e. The van der Waals surface area contributed by atoms with E-state index in [1.54, 1.807) is 11.8 Å². The fourth-order valence-electron chi connectivity index (χ4n) is 1.77. The van der Waals surface area contributed by atoms with E-state index >= 15 is 0 Å². The summed E-state index contributed by atoms with van der Waals surface area (Å²) in [6.07, 6.45) is 0. The van der Waals surface area contributed by atoms with Crippen molar-refractivity contribution in [3.05, 3.63) is 48.0 Å². The number of nitrogens with two attached hydrogens (primary N) is 1. The van der Waals surface area contributed by atoms with Gasteiger partial charge in [0.2, 0.25) is 6.79 Å². The number of fused-ring (bicyclic) bond motifs is 1. The molecule has 1 aliphatic heterocycles. The van der Waals surface area contributed by atoms with Crippen LogP contribution in [0.15, 0.2) is 52.3 Å². The van der Waals surface area contributed by atoms with Gasteiger partial charge in [-0.25, -0.2) is 0 Å². The molecule has 0 aliphatic carbocycles. The summed E-state index contributed by atoms with van der Waals surface area (Å²) in [6.45, 7) is 0.892. The fourth-order valence-corrected chi connectivity index (χ4v) is 2.62. The van der Waals surface area contributed by atoms with Crippen LogP contribution in [0.1, 0.15) is 5.56 Å². The molecule has 0 fully saturated rings. The molecule has 92 valence electrons. The maximum absolute atomic E-state index is 5.58. The lowest BCUT2D eigenvalue weighted by atomic mass is 10.2. The molecule has 0 saturated carbocycles. The number of ether oxygens (including phenoxy) is 2. The second kappa shape index (κ2) is 4.92. The van der Waals surface area contributed by atoms with Crippen molar-refractivity contribution < 1.29 is 9.47 Å². The minimum atomic E-state index is 0.314. The smallest absolute Gasteiger partial charge is 0.231 e. The summed E-state index contributed by atoms with van der Waals surface area (Å²) in [5, 5.41) is 0. The van der Waals surface area contributed by atoms with Crippen LogP contribution in [0.2, 0.25) is 0 Å². The number of hydrogen-bond donors (Lipinski definition) is 1. The zero-order valence-corrected chi connectivity index (χ0v) is 10.6. The lowest BCUT2D eigenvalue weighted by Crippen LogP contribution is -1.94. The van der Waals surface area contributed by atoms with E-state index in [0.717, 1.165) is 22.0 Å². The molecular weight excluding hydrogens is 246 g/mol. The highest BCUT2D eigenvalue weighted by atomic mass is 32.2. The zero-order valence-electron chi connectivity index (χ0n) is 9.76. The van der Waals surface area contributed by atoms with Crippen LogP contribution in [0.5, 0.6) is 11.5 Å². The van der Waals surface area contributed by atoms with Crippen LogP contribution in [-0.4, -0.2) is 6.79 Å². The summed E-state index contributed by atoms with van der Waals surface area (Å²) in [5.74, 6) is 1.64. The highest BCUT2D eigenvalue weighted by Crippen LogP contribution is 2.37. The molecule has 2 aromatic rings. The molecule has 0 atom stereocenters. The van der Waals surface area contributed by atoms with Gasteiger partial charge in [0.1, 0.15) is 0 Å². The van der Waals surface area contributed by atoms with Crippen molar-refractivity contribution in [1.82, 2.24) is 0 Å². The van der Waals surface area contributed by atoms with Crippen LogP contribution in [0, 0.1) is 0 Å². The summed E-state index contributed by atoms with van der Waals surface area (Å²) >= 11 is 1.70. The molecule has 0 bridgehead atoms. The fraction of sp³-hybridized carbons (Fsp3) is 0.143. The van der Waals surface area contributed by atoms with Gasteiger partial charge in [-0.1, -0.05) is 23.9 Å². The molecule has 0 saturated heterocycles. The number of hydrogen-bond acceptors (Lipinski definition) is 4. The molecule has 2 aromatic carbocycles. The molecule has 4 heteroatoms. The molecule has 0 amide bonds. The van der Waals surface area contributed by atoms with Crippen LogP contribution in [0.4, 0.5) is 0 Å². The van der Waals surface area contributed by atoms with E-state index in [1.165, 1.54) is 4.90 Å². The third-order valence-electron chi connectivity index (χ3n) is 2.74. The van der Waals surface area contributed by atoms with Gasteiger partial charge in [0.25, 0.3) is 0 Å². The Morgan fingerprint density at radius 2 is 1.67 bits per heavy atom. The van der Waals surface area contributed by atoms with Crippen LogP contribution >= 0.6 is 11.8 Å². The SMILES string of the molecule is NCc1ccc(Sc2ccc3c(c2)OCO3)cc1. The van der Waals surface area contributed by atoms with Crippen molar-refractivity contribution in [3.8, 4) is 11.5 Å². The predicted molar refractivity (Wildman–Crippen MR) is 71.0 cm³/mol. The van der Waals surface area contributed by atoms with Crippen molar-refractivity contribution in [2.75, 3.05) is 6.79 Å². The van der Waals surface area contributed by atoms with E-state index in [2.05, 4.69) is 24.3 Å². The maximum atomic E-state index is 5.58. The molecular formula is C14H13NO2S. The lowest BCUT2D eigenvalue weighted by Gasteiger charge is -2.04. The molecule has 18 heavy (non-hydrogen) atoms. The van der Waals surface area contributed by atoms with Crippen molar-refractivity contribution >= 4 is 11.8 Å². The van der Waals surface area contributed by atoms with Crippen LogP contribution in [0.3, 0.4) is 0 Å². The molecule has 1 heterocycles. The monoisotopic (exact) mass is 259 g/mol. The highest BCUT2D eigenvalue weighted by Gasteiger charge is 2.13. The normalized spacial score (nSPS) is 12.7. The molecule has 3 rings (SSSR count). The molecule has 1 aliphatic rings. The summed E-state index contributed by atoms with van der Waals surface area (Å²) in [7, 11) is 0. The van der Waals surface area contributed by atoms with Crippen LogP contribution in [0.25, 0.3) is 0 Å². The Balaban J connectivity index is 1.79. The molecule has 0 unspecified atom stereocenters. The van der Waals surface area contributed by atoms with Gasteiger partial charge >= 0.3 is 0 Å². The summed E-state index contributed by atoms with van der Waals surface area (Å²) in [5.41, 5.74) is 6.72. The third kappa shape index (κ3) is 2.30. The van der Waals surface area contributed by atoms with Crippen molar-refractivity contribution in [2.45, 2.75) is 16.3 Å². The molecule has 3 nitrogen and oxygen atoms in total. The number of rotatable bonds is 3. The minimum absolute atomic E-state index is 0.314. The molecule has 0 radical (unpaired) electrons. The Bertz CT molecular complexity index is 554. The van der Waals surface area contributed by atoms with Crippen molar-refractivity contribution in [1.29, 1.82) is 0 Å². The third-order valence-corrected chi connectivity index (χ3v) is 3.74. The predicted octanol–water partition coefficient (Wildman–Crippen LogP) is 3.03. The van der Waals surface area contributed by atoms with Crippen molar-refractivity contribution in [2.24, 2.45) is 5.73 Å². The van der Waals surface area contributed by atoms with Gasteiger partial charge in [-0.15, -0.1) is 0 Å². The maximum Gasteiger partial charge on any atom is 0.231 e. The van der Waals surface area contributed by atoms with Crippen LogP contribution < -0.4 is 15.2 Å². The van der Waals surface area contributed by atoms with E-state index < -0.39 is 0 Å². The van der Waals surface area contributed by atoms with Gasteiger partial charge in [0.05, 0.1) is 0 Å². The first-order valence-electron chi connectivity index (χ1n) is 5.72. The van der Waals surface area contributed by atoms with E-state index in [0.29, 0.717) is 13.3 Å². The van der Waals surface area contributed by atoms with Gasteiger partial charge in [-0.05, 0) is 35.9 Å². The van der Waals surface area contributed by atoms with Crippen LogP contribution in [-0.2, 0) is 6.54 Å². The largest absolute Gasteiger partial charge is 0.454 e. The lowest BCUT2D eigenvalue weighted by molar-refractivity contribution is 0.174. The quantitative estimate of drug-likeness (QED) is 0.920. The van der Waals surface area contributed by atoms with E-state index in [1.807, 2.05) is 18.2 Å². The summed E-state index contributed by atoms with van der Waals surface area (Å²) < 4.78 is 10.6. The first kappa shape index (κ1) is 11.4. The average molecular weight is 259 g/mol. The van der Waals surface area contributed by atoms with Gasteiger partial charge < -0.3 is 15.2 Å². The molecule has 2 N–H and O–H groups in total. The Kier molecular flexibility index (Phi) is 3.13. The second-order valence-electron chi connectivity index (χ2n) is 3.97. The Morgan fingerprint density at radius 3 is 2.44 bits per heavy atom. The number of benzene rings is 2. The average Bonchev–Trinajstić information content (AvgIpc) is 2.87. The molecule has 0 spiro atoms. The first-order chi connectivity index (χ1) is 8.85. The van der Waals surface area contributed by atoms with Gasteiger partial charge in [0, 0.05) is 16.3 Å². The highest BCUT2D eigenvalue weighted by molar-refractivity contribution is 7.99. The standard InChI is InChI=1S/C14H13NO2S/c15-8-10-1-3-11(4-2-10)18-12-5-6-13-14(7-12)17-9-16-13/h1-7H,8-9,15H2. The van der Waals surface area contributed by atoms with Crippen molar-refractivity contribution in [3.63, 3.8) is 0 Å². The van der Waals surface area contributed by atoms with Gasteiger partial charge in [0.15, 0.2) is 11.5 Å². The Morgan fingerprint density at radius 1 is 0.944 bits per heavy atom. The Hall–Kier alpha value is -1.65. The van der Waals surface area contributed by atoms with E-state index in [-0.39, 0.29) is 0 Å². The summed E-state index contributed by atoms with van der Waals surface area (Å²) in [6, 6.07) is 14.2. The zero-order chi connectivity index (χ0) is 12.4.